The Morgan fingerprint density at radius 2 is 2.19 bits per heavy atom. The number of rotatable bonds is 4. The highest BCUT2D eigenvalue weighted by Gasteiger charge is 2.10. The van der Waals surface area contributed by atoms with Gasteiger partial charge in [-0.3, -0.25) is 0 Å². The van der Waals surface area contributed by atoms with Crippen LogP contribution in [0.5, 0.6) is 5.75 Å². The van der Waals surface area contributed by atoms with Crippen LogP contribution < -0.4 is 4.74 Å². The van der Waals surface area contributed by atoms with Gasteiger partial charge < -0.3 is 14.3 Å². The molecule has 0 amide bonds. The van der Waals surface area contributed by atoms with Crippen LogP contribution in [0.4, 0.5) is 0 Å². The van der Waals surface area contributed by atoms with Crippen molar-refractivity contribution in [1.29, 1.82) is 0 Å². The first-order valence-corrected chi connectivity index (χ1v) is 5.49. The maximum absolute atomic E-state index is 8.94. The van der Waals surface area contributed by atoms with Gasteiger partial charge in [0.05, 0.1) is 12.4 Å². The molecule has 0 aliphatic carbocycles. The van der Waals surface area contributed by atoms with E-state index in [1.165, 1.54) is 0 Å². The van der Waals surface area contributed by atoms with Gasteiger partial charge in [0.2, 0.25) is 0 Å². The van der Waals surface area contributed by atoms with Gasteiger partial charge in [-0.1, -0.05) is 12.1 Å². The SMILES string of the molecule is CC(C)Oc1cccc2c(CCO)coc12. The van der Waals surface area contributed by atoms with E-state index >= 15 is 0 Å². The molecular formula is C13H16O3. The molecule has 1 aromatic carbocycles. The van der Waals surface area contributed by atoms with Gasteiger partial charge in [0.1, 0.15) is 0 Å². The topological polar surface area (TPSA) is 42.6 Å². The third kappa shape index (κ3) is 2.04. The number of hydrogen-bond acceptors (Lipinski definition) is 3. The van der Waals surface area contributed by atoms with Crippen molar-refractivity contribution in [3.63, 3.8) is 0 Å². The van der Waals surface area contributed by atoms with Gasteiger partial charge in [-0.25, -0.2) is 0 Å². The molecule has 0 aliphatic rings. The smallest absolute Gasteiger partial charge is 0.175 e. The Balaban J connectivity index is 2.44. The van der Waals surface area contributed by atoms with E-state index in [1.54, 1.807) is 6.26 Å². The van der Waals surface area contributed by atoms with E-state index in [0.29, 0.717) is 6.42 Å². The fourth-order valence-electron chi connectivity index (χ4n) is 1.74. The van der Waals surface area contributed by atoms with E-state index < -0.39 is 0 Å². The van der Waals surface area contributed by atoms with Crippen molar-refractivity contribution in [2.24, 2.45) is 0 Å². The van der Waals surface area contributed by atoms with Crippen LogP contribution in [0.15, 0.2) is 28.9 Å². The number of furan rings is 1. The quantitative estimate of drug-likeness (QED) is 0.861. The molecule has 0 unspecified atom stereocenters. The number of benzene rings is 1. The zero-order chi connectivity index (χ0) is 11.5. The third-order valence-corrected chi connectivity index (χ3v) is 2.39. The summed E-state index contributed by atoms with van der Waals surface area (Å²) in [5, 5.41) is 9.96. The molecule has 3 nitrogen and oxygen atoms in total. The molecule has 86 valence electrons. The van der Waals surface area contributed by atoms with Gasteiger partial charge in [-0.15, -0.1) is 0 Å². The first-order valence-electron chi connectivity index (χ1n) is 5.49. The lowest BCUT2D eigenvalue weighted by molar-refractivity contribution is 0.242. The molecule has 2 rings (SSSR count). The van der Waals surface area contributed by atoms with Crippen molar-refractivity contribution in [3.05, 3.63) is 30.0 Å². The maximum Gasteiger partial charge on any atom is 0.175 e. The highest BCUT2D eigenvalue weighted by Crippen LogP contribution is 2.30. The zero-order valence-electron chi connectivity index (χ0n) is 9.56. The lowest BCUT2D eigenvalue weighted by Gasteiger charge is -2.09. The molecule has 1 N–H and O–H groups in total. The lowest BCUT2D eigenvalue weighted by atomic mass is 10.1. The second-order valence-electron chi connectivity index (χ2n) is 4.03. The van der Waals surface area contributed by atoms with E-state index in [-0.39, 0.29) is 12.7 Å². The van der Waals surface area contributed by atoms with Crippen LogP contribution in [-0.2, 0) is 6.42 Å². The van der Waals surface area contributed by atoms with Crippen molar-refractivity contribution in [2.45, 2.75) is 26.4 Å². The standard InChI is InChI=1S/C13H16O3/c1-9(2)16-12-5-3-4-11-10(6-7-14)8-15-13(11)12/h3-5,8-9,14H,6-7H2,1-2H3. The summed E-state index contributed by atoms with van der Waals surface area (Å²) >= 11 is 0. The normalized spacial score (nSPS) is 11.2. The molecule has 0 spiro atoms. The van der Waals surface area contributed by atoms with Crippen molar-refractivity contribution in [1.82, 2.24) is 0 Å². The molecule has 1 aromatic heterocycles. The first kappa shape index (κ1) is 11.0. The molecule has 1 heterocycles. The van der Waals surface area contributed by atoms with Crippen LogP contribution in [0, 0.1) is 0 Å². The zero-order valence-corrected chi connectivity index (χ0v) is 9.56. The fraction of sp³-hybridized carbons (Fsp3) is 0.385. The molecule has 0 radical (unpaired) electrons. The highest BCUT2D eigenvalue weighted by atomic mass is 16.5. The lowest BCUT2D eigenvalue weighted by Crippen LogP contribution is -2.05. The van der Waals surface area contributed by atoms with E-state index in [2.05, 4.69) is 0 Å². The summed E-state index contributed by atoms with van der Waals surface area (Å²) in [5.74, 6) is 0.761. The second-order valence-corrected chi connectivity index (χ2v) is 4.03. The minimum absolute atomic E-state index is 0.122. The third-order valence-electron chi connectivity index (χ3n) is 2.39. The summed E-state index contributed by atoms with van der Waals surface area (Å²) < 4.78 is 11.2. The monoisotopic (exact) mass is 220 g/mol. The number of aliphatic hydroxyl groups excluding tert-OH is 1. The number of hydrogen-bond donors (Lipinski definition) is 1. The summed E-state index contributed by atoms with van der Waals surface area (Å²) in [4.78, 5) is 0. The van der Waals surface area contributed by atoms with E-state index in [0.717, 1.165) is 22.3 Å². The van der Waals surface area contributed by atoms with Crippen LogP contribution in [0.1, 0.15) is 19.4 Å². The Morgan fingerprint density at radius 1 is 1.38 bits per heavy atom. The first-order chi connectivity index (χ1) is 7.72. The minimum atomic E-state index is 0.122. The molecule has 0 saturated carbocycles. The van der Waals surface area contributed by atoms with Crippen molar-refractivity contribution >= 4 is 11.0 Å². The van der Waals surface area contributed by atoms with Crippen molar-refractivity contribution in [3.8, 4) is 5.75 Å². The number of para-hydroxylation sites is 1. The van der Waals surface area contributed by atoms with Crippen molar-refractivity contribution in [2.75, 3.05) is 6.61 Å². The predicted molar refractivity (Wildman–Crippen MR) is 62.8 cm³/mol. The second kappa shape index (κ2) is 4.58. The summed E-state index contributed by atoms with van der Waals surface area (Å²) in [6, 6.07) is 5.82. The minimum Gasteiger partial charge on any atom is -0.487 e. The Morgan fingerprint density at radius 3 is 2.88 bits per heavy atom. The summed E-state index contributed by atoms with van der Waals surface area (Å²) in [7, 11) is 0. The van der Waals surface area contributed by atoms with Crippen molar-refractivity contribution < 1.29 is 14.3 Å². The highest BCUT2D eigenvalue weighted by molar-refractivity contribution is 5.86. The number of ether oxygens (including phenoxy) is 1. The van der Waals surface area contributed by atoms with E-state index in [9.17, 15) is 0 Å². The van der Waals surface area contributed by atoms with Gasteiger partial charge in [-0.2, -0.15) is 0 Å². The molecule has 0 aliphatic heterocycles. The Kier molecular flexibility index (Phi) is 3.15. The summed E-state index contributed by atoms with van der Waals surface area (Å²) in [5.41, 5.74) is 1.78. The molecule has 3 heteroatoms. The molecule has 2 aromatic rings. The molecule has 0 saturated heterocycles. The largest absolute Gasteiger partial charge is 0.487 e. The Bertz CT molecular complexity index is 471. The average molecular weight is 220 g/mol. The number of fused-ring (bicyclic) bond motifs is 1. The van der Waals surface area contributed by atoms with Gasteiger partial charge in [-0.05, 0) is 26.3 Å². The van der Waals surface area contributed by atoms with E-state index in [4.69, 9.17) is 14.3 Å². The van der Waals surface area contributed by atoms with Gasteiger partial charge >= 0.3 is 0 Å². The summed E-state index contributed by atoms with van der Waals surface area (Å²) in [6.07, 6.45) is 2.42. The molecule has 0 atom stereocenters. The van der Waals surface area contributed by atoms with Gasteiger partial charge in [0, 0.05) is 17.6 Å². The fourth-order valence-corrected chi connectivity index (χ4v) is 1.74. The van der Waals surface area contributed by atoms with Crippen LogP contribution in [0.3, 0.4) is 0 Å². The Hall–Kier alpha value is -1.48. The molecule has 0 fully saturated rings. The Labute approximate surface area is 94.6 Å². The summed E-state index contributed by atoms with van der Waals surface area (Å²) in [6.45, 7) is 4.09. The predicted octanol–water partition coefficient (Wildman–Crippen LogP) is 2.75. The molecule has 0 bridgehead atoms. The molecule has 16 heavy (non-hydrogen) atoms. The number of aliphatic hydroxyl groups is 1. The molecular weight excluding hydrogens is 204 g/mol. The average Bonchev–Trinajstić information content (AvgIpc) is 2.63. The van der Waals surface area contributed by atoms with Crippen LogP contribution >= 0.6 is 0 Å². The van der Waals surface area contributed by atoms with Crippen LogP contribution in [-0.4, -0.2) is 17.8 Å². The van der Waals surface area contributed by atoms with Crippen LogP contribution in [0.2, 0.25) is 0 Å². The van der Waals surface area contributed by atoms with Crippen LogP contribution in [0.25, 0.3) is 11.0 Å². The maximum atomic E-state index is 8.94. The van der Waals surface area contributed by atoms with E-state index in [1.807, 2.05) is 32.0 Å². The van der Waals surface area contributed by atoms with Gasteiger partial charge in [0.15, 0.2) is 11.3 Å². The van der Waals surface area contributed by atoms with Gasteiger partial charge in [0.25, 0.3) is 0 Å².